The van der Waals surface area contributed by atoms with Gasteiger partial charge in [0.25, 0.3) is 0 Å². The van der Waals surface area contributed by atoms with Gasteiger partial charge in [-0.1, -0.05) is 17.7 Å². The molecule has 0 radical (unpaired) electrons. The highest BCUT2D eigenvalue weighted by molar-refractivity contribution is 7.89. The Morgan fingerprint density at radius 3 is 2.70 bits per heavy atom. The average molecular weight is 319 g/mol. The second-order valence-corrected chi connectivity index (χ2v) is 7.75. The van der Waals surface area contributed by atoms with Gasteiger partial charge >= 0.3 is 0 Å². The van der Waals surface area contributed by atoms with Crippen LogP contribution in [0.15, 0.2) is 23.1 Å². The van der Waals surface area contributed by atoms with Crippen molar-refractivity contribution < 1.29 is 13.2 Å². The van der Waals surface area contributed by atoms with E-state index in [1.165, 1.54) is 10.4 Å². The Balaban J connectivity index is 2.33. The third-order valence-electron chi connectivity index (χ3n) is 3.27. The number of rotatable bonds is 3. The van der Waals surface area contributed by atoms with Crippen molar-refractivity contribution >= 4 is 21.6 Å². The molecule has 0 atom stereocenters. The molecule has 0 aliphatic carbocycles. The maximum absolute atomic E-state index is 12.6. The molecule has 7 heteroatoms. The van der Waals surface area contributed by atoms with Crippen LogP contribution in [0, 0.1) is 0 Å². The molecule has 112 valence electrons. The molecule has 5 nitrogen and oxygen atoms in total. The van der Waals surface area contributed by atoms with E-state index in [0.29, 0.717) is 24.7 Å². The highest BCUT2D eigenvalue weighted by Crippen LogP contribution is 2.26. The van der Waals surface area contributed by atoms with E-state index in [1.54, 1.807) is 12.1 Å². The topological polar surface area (TPSA) is 72.6 Å². The van der Waals surface area contributed by atoms with Gasteiger partial charge in [0.05, 0.1) is 17.1 Å². The van der Waals surface area contributed by atoms with E-state index < -0.39 is 15.6 Å². The highest BCUT2D eigenvalue weighted by Gasteiger charge is 2.35. The van der Waals surface area contributed by atoms with Gasteiger partial charge < -0.3 is 10.5 Å². The fourth-order valence-corrected chi connectivity index (χ4v) is 4.10. The third-order valence-corrected chi connectivity index (χ3v) is 5.47. The predicted molar refractivity (Wildman–Crippen MR) is 78.1 cm³/mol. The van der Waals surface area contributed by atoms with Gasteiger partial charge in [-0.3, -0.25) is 0 Å². The first-order valence-electron chi connectivity index (χ1n) is 6.39. The largest absolute Gasteiger partial charge is 0.373 e. The molecule has 2 N–H and O–H groups in total. The number of morpholine rings is 1. The molecule has 1 aliphatic rings. The first-order chi connectivity index (χ1) is 9.26. The number of nitrogens with zero attached hydrogens (tertiary/aromatic N) is 1. The Morgan fingerprint density at radius 2 is 2.15 bits per heavy atom. The molecule has 0 aromatic heterocycles. The van der Waals surface area contributed by atoms with E-state index >= 15 is 0 Å². The molecule has 2 rings (SSSR count). The molecule has 0 unspecified atom stereocenters. The predicted octanol–water partition coefficient (Wildman–Crippen LogP) is 1.60. The van der Waals surface area contributed by atoms with Crippen LogP contribution in [0.4, 0.5) is 0 Å². The van der Waals surface area contributed by atoms with E-state index in [0.717, 1.165) is 5.56 Å². The van der Waals surface area contributed by atoms with E-state index in [1.807, 2.05) is 13.8 Å². The van der Waals surface area contributed by atoms with Crippen LogP contribution < -0.4 is 5.73 Å². The van der Waals surface area contributed by atoms with Gasteiger partial charge in [-0.15, -0.1) is 0 Å². The van der Waals surface area contributed by atoms with Crippen molar-refractivity contribution in [2.45, 2.75) is 30.9 Å². The first-order valence-corrected chi connectivity index (χ1v) is 8.21. The quantitative estimate of drug-likeness (QED) is 0.918. The number of sulfonamides is 1. The van der Waals surface area contributed by atoms with Crippen molar-refractivity contribution in [3.63, 3.8) is 0 Å². The smallest absolute Gasteiger partial charge is 0.243 e. The van der Waals surface area contributed by atoms with Crippen LogP contribution in [-0.4, -0.2) is 38.0 Å². The Kier molecular flexibility index (Phi) is 4.41. The summed E-state index contributed by atoms with van der Waals surface area (Å²) in [5, 5.41) is 0.376. The van der Waals surface area contributed by atoms with Crippen LogP contribution in [0.25, 0.3) is 0 Å². The van der Waals surface area contributed by atoms with E-state index in [2.05, 4.69) is 0 Å². The van der Waals surface area contributed by atoms with Gasteiger partial charge in [0, 0.05) is 24.7 Å². The number of hydrogen-bond donors (Lipinski definition) is 1. The summed E-state index contributed by atoms with van der Waals surface area (Å²) in [7, 11) is -3.55. The lowest BCUT2D eigenvalue weighted by Gasteiger charge is -2.37. The van der Waals surface area contributed by atoms with Gasteiger partial charge in [-0.25, -0.2) is 8.42 Å². The second-order valence-electron chi connectivity index (χ2n) is 5.40. The Morgan fingerprint density at radius 1 is 1.45 bits per heavy atom. The van der Waals surface area contributed by atoms with Crippen LogP contribution in [0.5, 0.6) is 0 Å². The number of halogens is 1. The van der Waals surface area contributed by atoms with E-state index in [9.17, 15) is 8.42 Å². The van der Waals surface area contributed by atoms with Crippen molar-refractivity contribution in [2.75, 3.05) is 19.7 Å². The van der Waals surface area contributed by atoms with Crippen molar-refractivity contribution in [1.29, 1.82) is 0 Å². The van der Waals surface area contributed by atoms with Crippen molar-refractivity contribution in [3.05, 3.63) is 28.8 Å². The number of hydrogen-bond acceptors (Lipinski definition) is 4. The van der Waals surface area contributed by atoms with E-state index in [-0.39, 0.29) is 11.4 Å². The highest BCUT2D eigenvalue weighted by atomic mass is 35.5. The molecule has 1 aliphatic heterocycles. The Hall–Kier alpha value is -0.660. The summed E-state index contributed by atoms with van der Waals surface area (Å²) >= 11 is 6.04. The summed E-state index contributed by atoms with van der Waals surface area (Å²) < 4.78 is 32.2. The summed E-state index contributed by atoms with van der Waals surface area (Å²) in [5.41, 5.74) is 5.78. The molecular weight excluding hydrogens is 300 g/mol. The van der Waals surface area contributed by atoms with Crippen molar-refractivity contribution in [2.24, 2.45) is 5.73 Å². The monoisotopic (exact) mass is 318 g/mol. The zero-order valence-corrected chi connectivity index (χ0v) is 13.2. The summed E-state index contributed by atoms with van der Waals surface area (Å²) in [4.78, 5) is 0.192. The van der Waals surface area contributed by atoms with Crippen molar-refractivity contribution in [3.8, 4) is 0 Å². The molecule has 20 heavy (non-hydrogen) atoms. The standard InChI is InChI=1S/C13H19ClN2O3S/c1-13(2)9-16(5-6-19-13)20(17,18)11-4-3-10(8-15)12(14)7-11/h3-4,7H,5-6,8-9,15H2,1-2H3. The fourth-order valence-electron chi connectivity index (χ4n) is 2.18. The molecule has 0 bridgehead atoms. The van der Waals surface area contributed by atoms with Gasteiger partial charge in [0.15, 0.2) is 0 Å². The molecule has 0 spiro atoms. The summed E-state index contributed by atoms with van der Waals surface area (Å²) in [6.07, 6.45) is 0. The van der Waals surface area contributed by atoms with Crippen LogP contribution in [-0.2, 0) is 21.3 Å². The molecule has 0 saturated carbocycles. The zero-order chi connectivity index (χ0) is 15.0. The zero-order valence-electron chi connectivity index (χ0n) is 11.6. The lowest BCUT2D eigenvalue weighted by molar-refractivity contribution is -0.0640. The summed E-state index contributed by atoms with van der Waals surface area (Å²) in [5.74, 6) is 0. The maximum atomic E-state index is 12.6. The molecule has 1 saturated heterocycles. The molecule has 1 aromatic rings. The minimum absolute atomic E-state index is 0.192. The lowest BCUT2D eigenvalue weighted by Crippen LogP contribution is -2.50. The van der Waals surface area contributed by atoms with Gasteiger partial charge in [-0.2, -0.15) is 4.31 Å². The lowest BCUT2D eigenvalue weighted by atomic mass is 10.1. The van der Waals surface area contributed by atoms with Crippen LogP contribution >= 0.6 is 11.6 Å². The molecular formula is C13H19ClN2O3S. The van der Waals surface area contributed by atoms with Gasteiger partial charge in [0.1, 0.15) is 0 Å². The second kappa shape index (κ2) is 5.61. The summed E-state index contributed by atoms with van der Waals surface area (Å²) in [6, 6.07) is 4.66. The number of nitrogens with two attached hydrogens (primary N) is 1. The Bertz CT molecular complexity index is 602. The normalized spacial score (nSPS) is 20.0. The number of ether oxygens (including phenoxy) is 1. The van der Waals surface area contributed by atoms with Crippen LogP contribution in [0.3, 0.4) is 0 Å². The van der Waals surface area contributed by atoms with Gasteiger partial charge in [0.2, 0.25) is 10.0 Å². The maximum Gasteiger partial charge on any atom is 0.243 e. The van der Waals surface area contributed by atoms with Gasteiger partial charge in [-0.05, 0) is 31.5 Å². The van der Waals surface area contributed by atoms with E-state index in [4.69, 9.17) is 22.1 Å². The molecule has 1 fully saturated rings. The van der Waals surface area contributed by atoms with Crippen molar-refractivity contribution in [1.82, 2.24) is 4.31 Å². The molecule has 0 amide bonds. The number of benzene rings is 1. The third kappa shape index (κ3) is 3.15. The summed E-state index contributed by atoms with van der Waals surface area (Å²) in [6.45, 7) is 5.09. The first kappa shape index (κ1) is 15.7. The van der Waals surface area contributed by atoms with Crippen LogP contribution in [0.2, 0.25) is 5.02 Å². The minimum Gasteiger partial charge on any atom is -0.373 e. The molecule has 1 aromatic carbocycles. The SMILES string of the molecule is CC1(C)CN(S(=O)(=O)c2ccc(CN)c(Cl)c2)CCO1. The molecule has 1 heterocycles. The fraction of sp³-hybridized carbons (Fsp3) is 0.538. The van der Waals surface area contributed by atoms with Crippen LogP contribution in [0.1, 0.15) is 19.4 Å². The average Bonchev–Trinajstić information content (AvgIpc) is 2.37. The Labute approximate surface area is 124 Å². The minimum atomic E-state index is -3.55.